The van der Waals surface area contributed by atoms with Crippen LogP contribution in [0.25, 0.3) is 0 Å². The van der Waals surface area contributed by atoms with Crippen molar-refractivity contribution in [1.29, 1.82) is 5.26 Å². The summed E-state index contributed by atoms with van der Waals surface area (Å²) in [6.45, 7) is 6.96. The molecule has 1 N–H and O–H groups in total. The molecule has 0 aromatic heterocycles. The minimum absolute atomic E-state index is 0.0656. The molecule has 0 bridgehead atoms. The molecule has 1 atom stereocenters. The molecule has 0 fully saturated rings. The Bertz CT molecular complexity index is 869. The van der Waals surface area contributed by atoms with Crippen LogP contribution in [0, 0.1) is 18.3 Å². The van der Waals surface area contributed by atoms with Crippen LogP contribution in [-0.2, 0) is 11.3 Å². The van der Waals surface area contributed by atoms with Crippen molar-refractivity contribution < 1.29 is 9.53 Å². The van der Waals surface area contributed by atoms with E-state index in [0.29, 0.717) is 13.2 Å². The van der Waals surface area contributed by atoms with Gasteiger partial charge in [-0.05, 0) is 32.4 Å². The first kappa shape index (κ1) is 21.0. The molecular weight excluding hydrogens is 350 g/mol. The van der Waals surface area contributed by atoms with Gasteiger partial charge in [-0.25, -0.2) is 0 Å². The Hall–Kier alpha value is -3.26. The van der Waals surface area contributed by atoms with Crippen LogP contribution in [0.5, 0.6) is 5.75 Å². The van der Waals surface area contributed by atoms with E-state index in [9.17, 15) is 10.1 Å². The second kappa shape index (κ2) is 10.2. The summed E-state index contributed by atoms with van der Waals surface area (Å²) >= 11 is 0. The zero-order chi connectivity index (χ0) is 20.5. The molecule has 5 heteroatoms. The number of nitrogens with one attached hydrogen (secondary N) is 1. The molecule has 5 nitrogen and oxygen atoms in total. The summed E-state index contributed by atoms with van der Waals surface area (Å²) in [6.07, 6.45) is 1.58. The highest BCUT2D eigenvalue weighted by atomic mass is 16.5. The van der Waals surface area contributed by atoms with Gasteiger partial charge in [-0.2, -0.15) is 5.26 Å². The molecule has 2 aromatic carbocycles. The highest BCUT2D eigenvalue weighted by Gasteiger charge is 2.17. The number of carbonyl (C=O) groups is 1. The quantitative estimate of drug-likeness (QED) is 0.555. The number of nitrogens with zero attached hydrogens (tertiary/aromatic N) is 2. The third-order valence-corrected chi connectivity index (χ3v) is 4.27. The Labute approximate surface area is 167 Å². The van der Waals surface area contributed by atoms with E-state index in [4.69, 9.17) is 4.74 Å². The van der Waals surface area contributed by atoms with E-state index in [0.717, 1.165) is 22.4 Å². The second-order valence-corrected chi connectivity index (χ2v) is 6.72. The van der Waals surface area contributed by atoms with Crippen molar-refractivity contribution in [3.05, 3.63) is 77.0 Å². The first-order chi connectivity index (χ1) is 13.4. The third-order valence-electron chi connectivity index (χ3n) is 4.27. The van der Waals surface area contributed by atoms with Gasteiger partial charge in [0.05, 0.1) is 12.6 Å². The third kappa shape index (κ3) is 5.88. The maximum atomic E-state index is 12.6. The maximum absolute atomic E-state index is 12.6. The fourth-order valence-corrected chi connectivity index (χ4v) is 2.92. The van der Waals surface area contributed by atoms with Crippen molar-refractivity contribution in [2.75, 3.05) is 13.7 Å². The smallest absolute Gasteiger partial charge is 0.263 e. The van der Waals surface area contributed by atoms with E-state index in [1.54, 1.807) is 6.20 Å². The molecule has 0 heterocycles. The fraction of sp³-hybridized carbons (Fsp3) is 0.304. The van der Waals surface area contributed by atoms with Crippen molar-refractivity contribution in [1.82, 2.24) is 10.2 Å². The number of hydrogen-bond donors (Lipinski definition) is 1. The average molecular weight is 377 g/mol. The molecule has 28 heavy (non-hydrogen) atoms. The van der Waals surface area contributed by atoms with Crippen LogP contribution in [0.1, 0.15) is 36.6 Å². The number of ether oxygens (including phenoxy) is 1. The van der Waals surface area contributed by atoms with Gasteiger partial charge in [-0.1, -0.05) is 48.0 Å². The molecule has 0 aliphatic rings. The van der Waals surface area contributed by atoms with Crippen LogP contribution in [0.2, 0.25) is 0 Å². The van der Waals surface area contributed by atoms with Gasteiger partial charge in [0.25, 0.3) is 5.91 Å². The summed E-state index contributed by atoms with van der Waals surface area (Å²) in [7, 11) is 1.84. The summed E-state index contributed by atoms with van der Waals surface area (Å²) in [4.78, 5) is 14.5. The summed E-state index contributed by atoms with van der Waals surface area (Å²) in [6, 6.07) is 17.5. The molecule has 2 rings (SSSR count). The molecular formula is C23H27N3O2. The van der Waals surface area contributed by atoms with E-state index in [-0.39, 0.29) is 11.6 Å². The van der Waals surface area contributed by atoms with Crippen LogP contribution in [0.15, 0.2) is 60.3 Å². The summed E-state index contributed by atoms with van der Waals surface area (Å²) in [5.74, 6) is 0.337. The van der Waals surface area contributed by atoms with E-state index in [1.807, 2.05) is 87.3 Å². The zero-order valence-corrected chi connectivity index (χ0v) is 16.9. The van der Waals surface area contributed by atoms with Crippen LogP contribution in [0.3, 0.4) is 0 Å². The lowest BCUT2D eigenvalue weighted by Crippen LogP contribution is -2.29. The van der Waals surface area contributed by atoms with E-state index in [1.165, 1.54) is 0 Å². The second-order valence-electron chi connectivity index (χ2n) is 6.72. The molecule has 1 amide bonds. The lowest BCUT2D eigenvalue weighted by molar-refractivity contribution is -0.117. The first-order valence-corrected chi connectivity index (χ1v) is 9.34. The van der Waals surface area contributed by atoms with Crippen LogP contribution in [-0.4, -0.2) is 24.5 Å². The lowest BCUT2D eigenvalue weighted by Gasteiger charge is -2.19. The van der Waals surface area contributed by atoms with Crippen LogP contribution < -0.4 is 10.1 Å². The number of nitriles is 1. The number of aryl methyl sites for hydroxylation is 1. The highest BCUT2D eigenvalue weighted by molar-refractivity contribution is 5.97. The van der Waals surface area contributed by atoms with Crippen LogP contribution >= 0.6 is 0 Å². The van der Waals surface area contributed by atoms with Crippen molar-refractivity contribution in [2.24, 2.45) is 0 Å². The maximum Gasteiger partial charge on any atom is 0.263 e. The predicted molar refractivity (Wildman–Crippen MR) is 111 cm³/mol. The lowest BCUT2D eigenvalue weighted by atomic mass is 10.0. The van der Waals surface area contributed by atoms with Gasteiger partial charge in [0.15, 0.2) is 0 Å². The first-order valence-electron chi connectivity index (χ1n) is 9.34. The normalized spacial score (nSPS) is 12.0. The van der Waals surface area contributed by atoms with Gasteiger partial charge in [0, 0.05) is 25.4 Å². The minimum atomic E-state index is -0.404. The fourth-order valence-electron chi connectivity index (χ4n) is 2.92. The topological polar surface area (TPSA) is 65.4 Å². The standard InChI is InChI=1S/C23H27N3O2/c1-5-28-22-12-11-17(2)13-21(22)18(3)25-23(27)20(14-24)16-26(4)15-19-9-7-6-8-10-19/h6-13,16,18H,5,15H2,1-4H3,(H,25,27)/b20-16-. The average Bonchev–Trinajstić information content (AvgIpc) is 2.68. The Morgan fingerprint density at radius 3 is 2.64 bits per heavy atom. The Morgan fingerprint density at radius 1 is 1.29 bits per heavy atom. The number of rotatable bonds is 8. The molecule has 0 saturated carbocycles. The Kier molecular flexibility index (Phi) is 7.65. The summed E-state index contributed by atoms with van der Waals surface area (Å²) in [5, 5.41) is 12.4. The molecule has 2 aromatic rings. The van der Waals surface area contributed by atoms with E-state index >= 15 is 0 Å². The monoisotopic (exact) mass is 377 g/mol. The summed E-state index contributed by atoms with van der Waals surface area (Å²) in [5.41, 5.74) is 3.15. The number of amides is 1. The van der Waals surface area contributed by atoms with Crippen LogP contribution in [0.4, 0.5) is 0 Å². The minimum Gasteiger partial charge on any atom is -0.494 e. The van der Waals surface area contributed by atoms with Crippen molar-refractivity contribution in [3.8, 4) is 11.8 Å². The van der Waals surface area contributed by atoms with Crippen molar-refractivity contribution >= 4 is 5.91 Å². The highest BCUT2D eigenvalue weighted by Crippen LogP contribution is 2.26. The van der Waals surface area contributed by atoms with Gasteiger partial charge in [0.1, 0.15) is 17.4 Å². The molecule has 0 saturated heterocycles. The molecule has 0 aliphatic heterocycles. The molecule has 0 aliphatic carbocycles. The Balaban J connectivity index is 2.11. The predicted octanol–water partition coefficient (Wildman–Crippen LogP) is 4.11. The zero-order valence-electron chi connectivity index (χ0n) is 16.9. The van der Waals surface area contributed by atoms with E-state index < -0.39 is 5.91 Å². The SMILES string of the molecule is CCOc1ccc(C)cc1C(C)NC(=O)/C(C#N)=C\N(C)Cc1ccccc1. The largest absolute Gasteiger partial charge is 0.494 e. The number of hydrogen-bond acceptors (Lipinski definition) is 4. The van der Waals surface area contributed by atoms with Gasteiger partial charge < -0.3 is 15.0 Å². The van der Waals surface area contributed by atoms with Crippen molar-refractivity contribution in [3.63, 3.8) is 0 Å². The van der Waals surface area contributed by atoms with Gasteiger partial charge >= 0.3 is 0 Å². The van der Waals surface area contributed by atoms with E-state index in [2.05, 4.69) is 5.32 Å². The molecule has 0 radical (unpaired) electrons. The summed E-state index contributed by atoms with van der Waals surface area (Å²) < 4.78 is 5.67. The van der Waals surface area contributed by atoms with Gasteiger partial charge in [-0.3, -0.25) is 4.79 Å². The molecule has 146 valence electrons. The molecule has 1 unspecified atom stereocenters. The van der Waals surface area contributed by atoms with Gasteiger partial charge in [0.2, 0.25) is 0 Å². The Morgan fingerprint density at radius 2 is 2.00 bits per heavy atom. The van der Waals surface area contributed by atoms with Crippen molar-refractivity contribution in [2.45, 2.75) is 33.4 Å². The number of benzene rings is 2. The molecule has 0 spiro atoms. The van der Waals surface area contributed by atoms with Gasteiger partial charge in [-0.15, -0.1) is 0 Å². The number of carbonyl (C=O) groups excluding carboxylic acids is 1.